The third-order valence-corrected chi connectivity index (χ3v) is 2.92. The Kier molecular flexibility index (Phi) is 8.73. The van der Waals surface area contributed by atoms with Crippen LogP contribution in [-0.2, 0) is 9.53 Å². The van der Waals surface area contributed by atoms with Gasteiger partial charge in [0.05, 0.1) is 30.5 Å². The molecule has 1 amide bonds. The minimum absolute atomic E-state index is 0. The Morgan fingerprint density at radius 3 is 2.80 bits per heavy atom. The van der Waals surface area contributed by atoms with Gasteiger partial charge in [0.15, 0.2) is 0 Å². The number of carbonyl (C=O) groups is 1. The Bertz CT molecular complexity index is 438. The number of anilines is 1. The maximum atomic E-state index is 11.9. The van der Waals surface area contributed by atoms with Crippen LogP contribution in [0.4, 0.5) is 5.69 Å². The minimum Gasteiger partial charge on any atom is -0.375 e. The molecule has 1 aromatic heterocycles. The second-order valence-electron chi connectivity index (χ2n) is 4.53. The van der Waals surface area contributed by atoms with Gasteiger partial charge < -0.3 is 15.4 Å². The molecule has 1 unspecified atom stereocenters. The molecule has 20 heavy (non-hydrogen) atoms. The van der Waals surface area contributed by atoms with Crippen molar-refractivity contribution in [2.45, 2.75) is 26.4 Å². The zero-order valence-corrected chi connectivity index (χ0v) is 13.3. The first-order valence-corrected chi connectivity index (χ1v) is 6.21. The number of nitrogens with zero attached hydrogens (tertiary/aromatic N) is 1. The molecule has 1 aromatic rings. The standard InChI is InChI=1S/C13H19N3O2.2ClH/c1-9-3-4-12(10(2)15-9)16-13(17)7-11-8-14-5-6-18-11;;/h3-4,11,14H,5-8H2,1-2H3,(H,16,17);2*1H. The van der Waals surface area contributed by atoms with Crippen LogP contribution in [0.25, 0.3) is 0 Å². The number of morpholine rings is 1. The van der Waals surface area contributed by atoms with Crippen LogP contribution in [0, 0.1) is 13.8 Å². The summed E-state index contributed by atoms with van der Waals surface area (Å²) in [6.07, 6.45) is 0.345. The molecule has 0 aromatic carbocycles. The van der Waals surface area contributed by atoms with Crippen LogP contribution in [0.5, 0.6) is 0 Å². The topological polar surface area (TPSA) is 63.2 Å². The summed E-state index contributed by atoms with van der Waals surface area (Å²) < 4.78 is 5.50. The first-order chi connectivity index (χ1) is 8.65. The van der Waals surface area contributed by atoms with E-state index in [1.165, 1.54) is 0 Å². The molecular formula is C13H21Cl2N3O2. The Hall–Kier alpha value is -0.880. The fraction of sp³-hybridized carbons (Fsp3) is 0.538. The third kappa shape index (κ3) is 5.63. The van der Waals surface area contributed by atoms with Crippen LogP contribution in [0.1, 0.15) is 17.8 Å². The molecule has 0 radical (unpaired) electrons. The summed E-state index contributed by atoms with van der Waals surface area (Å²) in [6, 6.07) is 3.77. The maximum Gasteiger partial charge on any atom is 0.227 e. The van der Waals surface area contributed by atoms with Gasteiger partial charge in [0.2, 0.25) is 5.91 Å². The summed E-state index contributed by atoms with van der Waals surface area (Å²) in [7, 11) is 0. The van der Waals surface area contributed by atoms with E-state index < -0.39 is 0 Å². The molecular weight excluding hydrogens is 301 g/mol. The van der Waals surface area contributed by atoms with Crippen molar-refractivity contribution < 1.29 is 9.53 Å². The zero-order valence-electron chi connectivity index (χ0n) is 11.6. The monoisotopic (exact) mass is 321 g/mol. The lowest BCUT2D eigenvalue weighted by molar-refractivity contribution is -0.119. The molecule has 1 aliphatic heterocycles. The highest BCUT2D eigenvalue weighted by Crippen LogP contribution is 2.13. The molecule has 1 fully saturated rings. The summed E-state index contributed by atoms with van der Waals surface area (Å²) in [4.78, 5) is 16.2. The van der Waals surface area contributed by atoms with Crippen molar-refractivity contribution in [1.82, 2.24) is 10.3 Å². The van der Waals surface area contributed by atoms with Gasteiger partial charge in [0, 0.05) is 18.8 Å². The van der Waals surface area contributed by atoms with Crippen LogP contribution in [0.15, 0.2) is 12.1 Å². The highest BCUT2D eigenvalue weighted by atomic mass is 35.5. The van der Waals surface area contributed by atoms with E-state index in [4.69, 9.17) is 4.74 Å². The molecule has 1 saturated heterocycles. The van der Waals surface area contributed by atoms with Gasteiger partial charge >= 0.3 is 0 Å². The molecule has 0 aliphatic carbocycles. The van der Waals surface area contributed by atoms with Gasteiger partial charge in [-0.15, -0.1) is 24.8 Å². The van der Waals surface area contributed by atoms with Crippen molar-refractivity contribution in [2.24, 2.45) is 0 Å². The normalized spacial score (nSPS) is 17.6. The molecule has 0 spiro atoms. The second kappa shape index (κ2) is 9.13. The minimum atomic E-state index is -0.0301. The molecule has 114 valence electrons. The lowest BCUT2D eigenvalue weighted by Crippen LogP contribution is -2.40. The first kappa shape index (κ1) is 19.1. The summed E-state index contributed by atoms with van der Waals surface area (Å²) in [5, 5.41) is 6.08. The van der Waals surface area contributed by atoms with Gasteiger partial charge in [0.1, 0.15) is 0 Å². The Morgan fingerprint density at radius 2 is 2.20 bits per heavy atom. The summed E-state index contributed by atoms with van der Waals surface area (Å²) >= 11 is 0. The number of halogens is 2. The first-order valence-electron chi connectivity index (χ1n) is 6.21. The molecule has 7 heteroatoms. The van der Waals surface area contributed by atoms with E-state index in [1.54, 1.807) is 0 Å². The largest absolute Gasteiger partial charge is 0.375 e. The second-order valence-corrected chi connectivity index (χ2v) is 4.53. The van der Waals surface area contributed by atoms with Gasteiger partial charge in [-0.25, -0.2) is 0 Å². The highest BCUT2D eigenvalue weighted by molar-refractivity contribution is 5.91. The smallest absolute Gasteiger partial charge is 0.227 e. The predicted octanol–water partition coefficient (Wildman–Crippen LogP) is 1.86. The zero-order chi connectivity index (χ0) is 13.0. The van der Waals surface area contributed by atoms with Gasteiger partial charge in [-0.2, -0.15) is 0 Å². The Balaban J connectivity index is 0.00000180. The highest BCUT2D eigenvalue weighted by Gasteiger charge is 2.17. The fourth-order valence-electron chi connectivity index (χ4n) is 1.98. The summed E-state index contributed by atoms with van der Waals surface area (Å²) in [5.41, 5.74) is 2.56. The number of carbonyl (C=O) groups excluding carboxylic acids is 1. The Labute approximate surface area is 131 Å². The quantitative estimate of drug-likeness (QED) is 0.892. The number of hydrogen-bond acceptors (Lipinski definition) is 4. The summed E-state index contributed by atoms with van der Waals surface area (Å²) in [6.45, 7) is 6.09. The Morgan fingerprint density at radius 1 is 1.45 bits per heavy atom. The van der Waals surface area contributed by atoms with E-state index in [-0.39, 0.29) is 36.8 Å². The summed E-state index contributed by atoms with van der Waals surface area (Å²) in [5.74, 6) is -0.0301. The molecule has 1 atom stereocenters. The van der Waals surface area contributed by atoms with Gasteiger partial charge in [-0.05, 0) is 26.0 Å². The van der Waals surface area contributed by atoms with Gasteiger partial charge in [-0.3, -0.25) is 9.78 Å². The number of ether oxygens (including phenoxy) is 1. The third-order valence-electron chi connectivity index (χ3n) is 2.92. The molecule has 1 aliphatic rings. The number of rotatable bonds is 3. The molecule has 5 nitrogen and oxygen atoms in total. The number of aromatic nitrogens is 1. The maximum absolute atomic E-state index is 11.9. The number of pyridine rings is 1. The van der Waals surface area contributed by atoms with Crippen molar-refractivity contribution in [1.29, 1.82) is 0 Å². The average molecular weight is 322 g/mol. The fourth-order valence-corrected chi connectivity index (χ4v) is 1.98. The van der Waals surface area contributed by atoms with E-state index in [1.807, 2.05) is 26.0 Å². The molecule has 0 bridgehead atoms. The van der Waals surface area contributed by atoms with Crippen LogP contribution in [-0.4, -0.2) is 36.7 Å². The molecule has 2 N–H and O–H groups in total. The molecule has 0 saturated carbocycles. The van der Waals surface area contributed by atoms with Crippen molar-refractivity contribution in [2.75, 3.05) is 25.0 Å². The average Bonchev–Trinajstić information content (AvgIpc) is 2.34. The van der Waals surface area contributed by atoms with Crippen molar-refractivity contribution in [3.63, 3.8) is 0 Å². The number of nitrogens with one attached hydrogen (secondary N) is 2. The number of hydrogen-bond donors (Lipinski definition) is 2. The van der Waals surface area contributed by atoms with Gasteiger partial charge in [-0.1, -0.05) is 0 Å². The lowest BCUT2D eigenvalue weighted by atomic mass is 10.2. The van der Waals surface area contributed by atoms with Gasteiger partial charge in [0.25, 0.3) is 0 Å². The molecule has 2 heterocycles. The van der Waals surface area contributed by atoms with E-state index >= 15 is 0 Å². The van der Waals surface area contributed by atoms with E-state index in [2.05, 4.69) is 15.6 Å². The van der Waals surface area contributed by atoms with Crippen LogP contribution < -0.4 is 10.6 Å². The number of aryl methyl sites for hydroxylation is 2. The van der Waals surface area contributed by atoms with Crippen LogP contribution in [0.2, 0.25) is 0 Å². The predicted molar refractivity (Wildman–Crippen MR) is 84.1 cm³/mol. The van der Waals surface area contributed by atoms with Crippen LogP contribution in [0.3, 0.4) is 0 Å². The van der Waals surface area contributed by atoms with E-state index in [0.717, 1.165) is 30.2 Å². The SMILES string of the molecule is Cc1ccc(NC(=O)CC2CNCCO2)c(C)n1.Cl.Cl. The van der Waals surface area contributed by atoms with Crippen molar-refractivity contribution in [3.8, 4) is 0 Å². The molecule has 2 rings (SSSR count). The van der Waals surface area contributed by atoms with E-state index in [0.29, 0.717) is 13.0 Å². The lowest BCUT2D eigenvalue weighted by Gasteiger charge is -2.23. The van der Waals surface area contributed by atoms with Crippen LogP contribution >= 0.6 is 24.8 Å². The van der Waals surface area contributed by atoms with Crippen molar-refractivity contribution in [3.05, 3.63) is 23.5 Å². The van der Waals surface area contributed by atoms with Crippen molar-refractivity contribution >= 4 is 36.4 Å². The van der Waals surface area contributed by atoms with E-state index in [9.17, 15) is 4.79 Å². The number of amides is 1.